The lowest BCUT2D eigenvalue weighted by Crippen LogP contribution is -2.54. The third-order valence-electron chi connectivity index (χ3n) is 15.2. The summed E-state index contributed by atoms with van der Waals surface area (Å²) in [4.78, 5) is 83.7. The SMILES string of the molecule is COc1cc(-c2cn(C)c(=O)c(C)c2C)cc(OC)c1C(=O)N1CCC2(CCC(CN3CCC4(CC3)COc3c4ccc4c3C(=O)N(C3CCC(=O)NC3=O)C4=O)CC2)CC1. The molecule has 0 radical (unpaired) electrons. The van der Waals surface area contributed by atoms with Crippen LogP contribution in [0.2, 0.25) is 0 Å². The number of carbonyl (C=O) groups is 5. The minimum Gasteiger partial charge on any atom is -0.496 e. The molecule has 14 heteroatoms. The van der Waals surface area contributed by atoms with Gasteiger partial charge < -0.3 is 28.6 Å². The zero-order chi connectivity index (χ0) is 43.0. The van der Waals surface area contributed by atoms with E-state index < -0.39 is 29.7 Å². The van der Waals surface area contributed by atoms with Gasteiger partial charge in [-0.05, 0) is 125 Å². The molecule has 1 unspecified atom stereocenters. The van der Waals surface area contributed by atoms with Crippen LogP contribution in [-0.2, 0) is 22.1 Å². The Morgan fingerprint density at radius 2 is 1.51 bits per heavy atom. The number of rotatable bonds is 7. The van der Waals surface area contributed by atoms with Crippen molar-refractivity contribution in [3.63, 3.8) is 0 Å². The van der Waals surface area contributed by atoms with E-state index in [2.05, 4.69) is 10.2 Å². The highest BCUT2D eigenvalue weighted by atomic mass is 16.5. The number of aryl methyl sites for hydroxylation is 1. The standard InChI is InChI=1S/C47H55N5O9/c1-27-28(2)42(55)49(3)25-32(27)30-22-35(59-4)39(36(23-30)60-5)44(57)51-20-14-46(15-21-51)12-10-29(11-13-46)24-50-18-16-47(17-19-50)26-61-40-33(47)7-6-31-38(40)45(58)52(43(31)56)34-8-9-37(53)48-41(34)54/h6-7,22-23,25,29,34H,8-21,24,26H2,1-5H3,(H,48,53,54). The van der Waals surface area contributed by atoms with Gasteiger partial charge in [0.15, 0.2) is 0 Å². The lowest BCUT2D eigenvalue weighted by atomic mass is 9.65. The van der Waals surface area contributed by atoms with Crippen LogP contribution in [-0.4, -0.2) is 108 Å². The number of amides is 5. The Balaban J connectivity index is 0.793. The number of pyridine rings is 1. The molecule has 6 heterocycles. The smallest absolute Gasteiger partial charge is 0.266 e. The molecular weight excluding hydrogens is 779 g/mol. The molecule has 5 aliphatic heterocycles. The molecule has 1 N–H and O–H groups in total. The Hall–Kier alpha value is -5.50. The molecule has 2 spiro atoms. The fourth-order valence-corrected chi connectivity index (χ4v) is 11.2. The molecule has 1 aliphatic carbocycles. The summed E-state index contributed by atoms with van der Waals surface area (Å²) in [6.07, 6.45) is 10.4. The Bertz CT molecular complexity index is 2390. The van der Waals surface area contributed by atoms with Crippen molar-refractivity contribution in [3.05, 3.63) is 74.2 Å². The van der Waals surface area contributed by atoms with E-state index in [1.807, 2.05) is 43.1 Å². The Morgan fingerprint density at radius 1 is 0.836 bits per heavy atom. The van der Waals surface area contributed by atoms with Gasteiger partial charge in [0.2, 0.25) is 11.8 Å². The predicted octanol–water partition coefficient (Wildman–Crippen LogP) is 4.93. The van der Waals surface area contributed by atoms with Crippen LogP contribution in [0.1, 0.15) is 112 Å². The number of hydrogen-bond acceptors (Lipinski definition) is 10. The van der Waals surface area contributed by atoms with Crippen LogP contribution in [0, 0.1) is 25.2 Å². The second kappa shape index (κ2) is 15.4. The monoisotopic (exact) mass is 833 g/mol. The van der Waals surface area contributed by atoms with E-state index in [-0.39, 0.29) is 46.3 Å². The molecule has 1 saturated carbocycles. The van der Waals surface area contributed by atoms with Gasteiger partial charge in [0.05, 0.1) is 32.0 Å². The van der Waals surface area contributed by atoms with Crippen LogP contribution in [0.4, 0.5) is 0 Å². The van der Waals surface area contributed by atoms with Crippen LogP contribution in [0.15, 0.2) is 35.3 Å². The van der Waals surface area contributed by atoms with Gasteiger partial charge in [-0.25, -0.2) is 0 Å². The molecule has 9 rings (SSSR count). The van der Waals surface area contributed by atoms with Gasteiger partial charge >= 0.3 is 0 Å². The largest absolute Gasteiger partial charge is 0.496 e. The van der Waals surface area contributed by atoms with E-state index in [1.165, 1.54) is 12.8 Å². The van der Waals surface area contributed by atoms with E-state index in [0.717, 1.165) is 85.3 Å². The number of nitrogens with zero attached hydrogens (tertiary/aromatic N) is 4. The molecular formula is C47H55N5O9. The number of methoxy groups -OCH3 is 2. The molecule has 61 heavy (non-hydrogen) atoms. The summed E-state index contributed by atoms with van der Waals surface area (Å²) in [6, 6.07) is 6.39. The second-order valence-electron chi connectivity index (χ2n) is 18.4. The van der Waals surface area contributed by atoms with Crippen LogP contribution < -0.4 is 25.1 Å². The highest BCUT2D eigenvalue weighted by Gasteiger charge is 2.51. The normalized spacial score (nSPS) is 22.3. The van der Waals surface area contributed by atoms with Crippen molar-refractivity contribution in [2.45, 2.75) is 89.5 Å². The molecule has 14 nitrogen and oxygen atoms in total. The molecule has 1 atom stereocenters. The molecule has 1 aromatic heterocycles. The summed E-state index contributed by atoms with van der Waals surface area (Å²) in [5, 5.41) is 2.26. The molecule has 0 bridgehead atoms. The van der Waals surface area contributed by atoms with Crippen molar-refractivity contribution in [1.29, 1.82) is 0 Å². The van der Waals surface area contributed by atoms with Crippen LogP contribution in [0.25, 0.3) is 11.1 Å². The average Bonchev–Trinajstić information content (AvgIpc) is 3.75. The lowest BCUT2D eigenvalue weighted by molar-refractivity contribution is -0.136. The molecule has 2 aromatic carbocycles. The van der Waals surface area contributed by atoms with Crippen LogP contribution in [0.5, 0.6) is 17.2 Å². The minimum atomic E-state index is -1.01. The molecule has 3 aromatic rings. The number of imide groups is 2. The number of benzene rings is 2. The number of hydrogen-bond donors (Lipinski definition) is 1. The fraction of sp³-hybridized carbons (Fsp3) is 0.532. The van der Waals surface area contributed by atoms with Crippen molar-refractivity contribution >= 4 is 29.5 Å². The molecule has 4 fully saturated rings. The van der Waals surface area contributed by atoms with Crippen molar-refractivity contribution in [3.8, 4) is 28.4 Å². The van der Waals surface area contributed by atoms with Crippen molar-refractivity contribution in [2.24, 2.45) is 18.4 Å². The first-order valence-corrected chi connectivity index (χ1v) is 21.7. The predicted molar refractivity (Wildman–Crippen MR) is 225 cm³/mol. The van der Waals surface area contributed by atoms with Gasteiger partial charge in [0.25, 0.3) is 23.3 Å². The Labute approximate surface area is 355 Å². The van der Waals surface area contributed by atoms with Crippen LogP contribution >= 0.6 is 0 Å². The first kappa shape index (κ1) is 40.9. The first-order valence-electron chi connectivity index (χ1n) is 21.7. The quantitative estimate of drug-likeness (QED) is 0.324. The van der Waals surface area contributed by atoms with Crippen molar-refractivity contribution in [2.75, 3.05) is 53.6 Å². The van der Waals surface area contributed by atoms with Gasteiger partial charge in [-0.1, -0.05) is 6.07 Å². The number of ether oxygens (including phenoxy) is 3. The van der Waals surface area contributed by atoms with Crippen molar-refractivity contribution in [1.82, 2.24) is 24.6 Å². The zero-order valence-electron chi connectivity index (χ0n) is 35.8. The fourth-order valence-electron chi connectivity index (χ4n) is 11.2. The number of likely N-dealkylation sites (tertiary alicyclic amines) is 2. The summed E-state index contributed by atoms with van der Waals surface area (Å²) in [5.41, 5.74) is 5.13. The summed E-state index contributed by atoms with van der Waals surface area (Å²) in [5.74, 6) is -0.155. The van der Waals surface area contributed by atoms with E-state index >= 15 is 0 Å². The number of carbonyl (C=O) groups excluding carboxylic acids is 5. The molecule has 322 valence electrons. The maximum Gasteiger partial charge on any atom is 0.266 e. The first-order chi connectivity index (χ1) is 29.3. The highest BCUT2D eigenvalue weighted by Crippen LogP contribution is 2.51. The molecule has 6 aliphatic rings. The summed E-state index contributed by atoms with van der Waals surface area (Å²) in [7, 11) is 4.88. The zero-order valence-corrected chi connectivity index (χ0v) is 35.8. The van der Waals surface area contributed by atoms with Gasteiger partial charge in [-0.3, -0.25) is 39.0 Å². The highest BCUT2D eigenvalue weighted by molar-refractivity contribution is 6.24. The summed E-state index contributed by atoms with van der Waals surface area (Å²) < 4.78 is 19.5. The third-order valence-corrected chi connectivity index (χ3v) is 15.2. The molecule has 3 saturated heterocycles. The maximum atomic E-state index is 14.2. The number of piperidine rings is 3. The van der Waals surface area contributed by atoms with E-state index in [4.69, 9.17) is 14.2 Å². The van der Waals surface area contributed by atoms with E-state index in [9.17, 15) is 28.8 Å². The third kappa shape index (κ3) is 6.81. The summed E-state index contributed by atoms with van der Waals surface area (Å²) >= 11 is 0. The lowest BCUT2D eigenvalue weighted by Gasteiger charge is -2.47. The number of nitrogens with one attached hydrogen (secondary N) is 1. The van der Waals surface area contributed by atoms with Crippen LogP contribution in [0.3, 0.4) is 0 Å². The van der Waals surface area contributed by atoms with Gasteiger partial charge in [-0.2, -0.15) is 0 Å². The Kier molecular flexibility index (Phi) is 10.4. The minimum absolute atomic E-state index is 0.0404. The maximum absolute atomic E-state index is 14.2. The number of aromatic nitrogens is 1. The average molecular weight is 834 g/mol. The molecule has 5 amide bonds. The van der Waals surface area contributed by atoms with E-state index in [1.54, 1.807) is 31.9 Å². The topological polar surface area (TPSA) is 157 Å². The van der Waals surface area contributed by atoms with Gasteiger partial charge in [0.1, 0.15) is 28.9 Å². The summed E-state index contributed by atoms with van der Waals surface area (Å²) in [6.45, 7) is 8.48. The van der Waals surface area contributed by atoms with Crippen molar-refractivity contribution < 1.29 is 38.2 Å². The van der Waals surface area contributed by atoms with Gasteiger partial charge in [0, 0.05) is 61.4 Å². The second-order valence-corrected chi connectivity index (χ2v) is 18.4. The Morgan fingerprint density at radius 3 is 2.15 bits per heavy atom. The van der Waals surface area contributed by atoms with E-state index in [0.29, 0.717) is 54.0 Å². The number of fused-ring (bicyclic) bond motifs is 4. The van der Waals surface area contributed by atoms with Gasteiger partial charge in [-0.15, -0.1) is 0 Å².